The predicted octanol–water partition coefficient (Wildman–Crippen LogP) is 5.97. The van der Waals surface area contributed by atoms with Gasteiger partial charge in [0.25, 0.3) is 0 Å². The Bertz CT molecular complexity index is 900. The van der Waals surface area contributed by atoms with Crippen LogP contribution in [0.2, 0.25) is 0 Å². The van der Waals surface area contributed by atoms with E-state index in [0.717, 1.165) is 23.3 Å². The molecule has 26 heavy (non-hydrogen) atoms. The van der Waals surface area contributed by atoms with E-state index in [2.05, 4.69) is 52.9 Å². The number of rotatable bonds is 3. The quantitative estimate of drug-likeness (QED) is 0.449. The maximum absolute atomic E-state index is 4.38. The van der Waals surface area contributed by atoms with Crippen LogP contribution in [0.1, 0.15) is 17.0 Å². The van der Waals surface area contributed by atoms with Crippen molar-refractivity contribution in [1.82, 2.24) is 9.97 Å². The highest BCUT2D eigenvalue weighted by atomic mass is 35.5. The van der Waals surface area contributed by atoms with Gasteiger partial charge >= 0.3 is 0 Å². The number of pyridine rings is 2. The van der Waals surface area contributed by atoms with Crippen molar-refractivity contribution in [3.05, 3.63) is 115 Å². The fraction of sp³-hybridized carbons (Fsp3) is 0.0435. The molecule has 4 rings (SSSR count). The highest BCUT2D eigenvalue weighted by Gasteiger charge is 1.94. The minimum absolute atomic E-state index is 0. The molecule has 2 aromatic heterocycles. The van der Waals surface area contributed by atoms with Crippen LogP contribution in [-0.2, 0) is 6.42 Å². The van der Waals surface area contributed by atoms with Crippen molar-refractivity contribution in [1.29, 1.82) is 0 Å². The van der Waals surface area contributed by atoms with E-state index >= 15 is 0 Å². The van der Waals surface area contributed by atoms with Crippen molar-refractivity contribution >= 4 is 29.4 Å². The number of aromatic nitrogens is 2. The minimum atomic E-state index is 0. The van der Waals surface area contributed by atoms with E-state index in [9.17, 15) is 0 Å². The normalized spacial score (nSPS) is 9.54. The van der Waals surface area contributed by atoms with E-state index in [4.69, 9.17) is 0 Å². The summed E-state index contributed by atoms with van der Waals surface area (Å²) >= 11 is 0. The third-order valence-electron chi connectivity index (χ3n) is 3.78. The van der Waals surface area contributed by atoms with Gasteiger partial charge in [-0.25, -0.2) is 4.98 Å². The van der Waals surface area contributed by atoms with Gasteiger partial charge in [-0.3, -0.25) is 4.98 Å². The van der Waals surface area contributed by atoms with Crippen molar-refractivity contribution in [3.63, 3.8) is 0 Å². The van der Waals surface area contributed by atoms with Crippen LogP contribution in [0.3, 0.4) is 0 Å². The van der Waals surface area contributed by atoms with E-state index in [1.807, 2.05) is 54.7 Å². The van der Waals surface area contributed by atoms with Gasteiger partial charge in [-0.15, -0.1) is 12.4 Å². The standard InChI is InChI=1S/C12H11N.C11H9N.ClH/c1-2-6-11(7-3-1)10-12-8-4-5-9-13-12;1-2-10-8-7-9-5-3-4-6-11(9)12-10;/h1-9H,10H2;2-8H,1H2;1H. The van der Waals surface area contributed by atoms with Crippen LogP contribution in [0, 0.1) is 0 Å². The fourth-order valence-electron chi connectivity index (χ4n) is 2.50. The van der Waals surface area contributed by atoms with Crippen LogP contribution in [0.25, 0.3) is 17.0 Å². The number of halogens is 1. The van der Waals surface area contributed by atoms with Crippen LogP contribution in [0.5, 0.6) is 0 Å². The first kappa shape index (κ1) is 19.4. The van der Waals surface area contributed by atoms with Gasteiger partial charge in [-0.05, 0) is 35.9 Å². The highest BCUT2D eigenvalue weighted by Crippen LogP contribution is 2.11. The molecule has 0 bridgehead atoms. The second-order valence-electron chi connectivity index (χ2n) is 5.62. The molecule has 0 spiro atoms. The van der Waals surface area contributed by atoms with E-state index in [1.54, 1.807) is 6.08 Å². The lowest BCUT2D eigenvalue weighted by Gasteiger charge is -1.99. The molecule has 0 atom stereocenters. The number of hydrogen-bond donors (Lipinski definition) is 0. The number of fused-ring (bicyclic) bond motifs is 1. The van der Waals surface area contributed by atoms with Gasteiger partial charge in [0.1, 0.15) is 0 Å². The van der Waals surface area contributed by atoms with Crippen molar-refractivity contribution in [3.8, 4) is 0 Å². The van der Waals surface area contributed by atoms with Crippen molar-refractivity contribution in [2.75, 3.05) is 0 Å². The van der Waals surface area contributed by atoms with Crippen LogP contribution in [0.4, 0.5) is 0 Å². The predicted molar refractivity (Wildman–Crippen MR) is 113 cm³/mol. The molecule has 0 aliphatic carbocycles. The SMILES string of the molecule is C=Cc1ccc2ccccc2n1.Cl.c1ccc(Cc2ccccn2)cc1. The second-order valence-corrected chi connectivity index (χ2v) is 5.62. The van der Waals surface area contributed by atoms with Crippen LogP contribution in [0.15, 0.2) is 97.7 Å². The zero-order chi connectivity index (χ0) is 17.3. The molecule has 0 unspecified atom stereocenters. The molecule has 0 N–H and O–H groups in total. The summed E-state index contributed by atoms with van der Waals surface area (Å²) in [7, 11) is 0. The van der Waals surface area contributed by atoms with E-state index in [0.29, 0.717) is 0 Å². The molecule has 0 amide bonds. The Kier molecular flexibility index (Phi) is 7.53. The molecule has 0 saturated heterocycles. The zero-order valence-electron chi connectivity index (χ0n) is 14.5. The summed E-state index contributed by atoms with van der Waals surface area (Å²) in [6.07, 6.45) is 4.51. The largest absolute Gasteiger partial charge is 0.261 e. The number of nitrogens with zero attached hydrogens (tertiary/aromatic N) is 2. The van der Waals surface area contributed by atoms with Gasteiger partial charge in [0.2, 0.25) is 0 Å². The summed E-state index contributed by atoms with van der Waals surface area (Å²) < 4.78 is 0. The maximum atomic E-state index is 4.38. The van der Waals surface area contributed by atoms with Crippen molar-refractivity contribution in [2.24, 2.45) is 0 Å². The lowest BCUT2D eigenvalue weighted by atomic mass is 10.1. The first-order chi connectivity index (χ1) is 12.3. The van der Waals surface area contributed by atoms with E-state index in [1.165, 1.54) is 10.9 Å². The summed E-state index contributed by atoms with van der Waals surface area (Å²) in [5, 5.41) is 1.17. The summed E-state index contributed by atoms with van der Waals surface area (Å²) in [6, 6.07) is 28.5. The molecule has 2 heterocycles. The topological polar surface area (TPSA) is 25.8 Å². The monoisotopic (exact) mass is 360 g/mol. The molecule has 2 nitrogen and oxygen atoms in total. The summed E-state index contributed by atoms with van der Waals surface area (Å²) in [4.78, 5) is 8.65. The van der Waals surface area contributed by atoms with Crippen LogP contribution >= 0.6 is 12.4 Å². The highest BCUT2D eigenvalue weighted by molar-refractivity contribution is 5.85. The van der Waals surface area contributed by atoms with Crippen molar-refractivity contribution < 1.29 is 0 Å². The van der Waals surface area contributed by atoms with E-state index < -0.39 is 0 Å². The zero-order valence-corrected chi connectivity index (χ0v) is 15.3. The van der Waals surface area contributed by atoms with Gasteiger partial charge in [-0.1, -0.05) is 67.2 Å². The van der Waals surface area contributed by atoms with Gasteiger partial charge in [0, 0.05) is 23.7 Å². The third kappa shape index (κ3) is 5.54. The molecule has 0 radical (unpaired) electrons. The Hall–Kier alpha value is -2.97. The number of para-hydroxylation sites is 1. The fourth-order valence-corrected chi connectivity index (χ4v) is 2.50. The van der Waals surface area contributed by atoms with Gasteiger partial charge in [0.15, 0.2) is 0 Å². The molecule has 2 aromatic carbocycles. The molecule has 4 aromatic rings. The molecular formula is C23H21ClN2. The van der Waals surface area contributed by atoms with Gasteiger partial charge < -0.3 is 0 Å². The Morgan fingerprint density at radius 2 is 1.50 bits per heavy atom. The maximum Gasteiger partial charge on any atom is 0.0709 e. The van der Waals surface area contributed by atoms with Crippen LogP contribution < -0.4 is 0 Å². The molecule has 0 aliphatic heterocycles. The van der Waals surface area contributed by atoms with Crippen molar-refractivity contribution in [2.45, 2.75) is 6.42 Å². The Labute approximate surface area is 160 Å². The van der Waals surface area contributed by atoms with Gasteiger partial charge in [-0.2, -0.15) is 0 Å². The summed E-state index contributed by atoms with van der Waals surface area (Å²) in [5.41, 5.74) is 4.37. The Morgan fingerprint density at radius 3 is 2.23 bits per heavy atom. The van der Waals surface area contributed by atoms with Crippen LogP contribution in [-0.4, -0.2) is 9.97 Å². The molecule has 0 aliphatic rings. The molecular weight excluding hydrogens is 340 g/mol. The third-order valence-corrected chi connectivity index (χ3v) is 3.78. The van der Waals surface area contributed by atoms with Gasteiger partial charge in [0.05, 0.1) is 11.2 Å². The molecule has 130 valence electrons. The molecule has 0 fully saturated rings. The first-order valence-corrected chi connectivity index (χ1v) is 8.27. The number of benzene rings is 2. The lowest BCUT2D eigenvalue weighted by molar-refractivity contribution is 1.07. The Balaban J connectivity index is 0.000000180. The van der Waals surface area contributed by atoms with E-state index in [-0.39, 0.29) is 12.4 Å². The summed E-state index contributed by atoms with van der Waals surface area (Å²) in [6.45, 7) is 3.68. The second kappa shape index (κ2) is 10.1. The lowest BCUT2D eigenvalue weighted by Crippen LogP contribution is -1.89. The summed E-state index contributed by atoms with van der Waals surface area (Å²) in [5.74, 6) is 0. The first-order valence-electron chi connectivity index (χ1n) is 8.27. The average molecular weight is 361 g/mol. The number of hydrogen-bond acceptors (Lipinski definition) is 2. The molecule has 0 saturated carbocycles. The smallest absolute Gasteiger partial charge is 0.0709 e. The minimum Gasteiger partial charge on any atom is -0.261 e. The molecule has 3 heteroatoms. The average Bonchev–Trinajstić information content (AvgIpc) is 2.70. The Morgan fingerprint density at radius 1 is 0.769 bits per heavy atom.